The number of carboxylic acids is 1. The second-order valence-corrected chi connectivity index (χ2v) is 4.53. The monoisotopic (exact) mass is 248 g/mol. The zero-order valence-corrected chi connectivity index (χ0v) is 10.0. The third-order valence-electron chi connectivity index (χ3n) is 3.29. The van der Waals surface area contributed by atoms with Crippen LogP contribution < -0.4 is 5.73 Å². The number of anilines is 1. The molecule has 0 unspecified atom stereocenters. The maximum absolute atomic E-state index is 12.1. The summed E-state index contributed by atoms with van der Waals surface area (Å²) in [5.41, 5.74) is 6.78. The number of carboxylic acid groups (broad SMARTS) is 1. The first-order chi connectivity index (χ1) is 8.58. The standard InChI is InChI=1S/C13H16N2O3/c14-11-3-1-9(2-4-11)12(16)15-7-5-10(6-8-15)13(17)18/h1-4,10H,5-8,14H2,(H,17,18). The summed E-state index contributed by atoms with van der Waals surface area (Å²) in [5.74, 6) is -1.14. The van der Waals surface area contributed by atoms with E-state index in [0.29, 0.717) is 37.2 Å². The number of carbonyl (C=O) groups is 2. The van der Waals surface area contributed by atoms with Crippen LogP contribution in [0, 0.1) is 5.92 Å². The number of nitrogens with zero attached hydrogens (tertiary/aromatic N) is 1. The van der Waals surface area contributed by atoms with Gasteiger partial charge in [0.1, 0.15) is 0 Å². The number of piperidine rings is 1. The van der Waals surface area contributed by atoms with Gasteiger partial charge in [-0.15, -0.1) is 0 Å². The quantitative estimate of drug-likeness (QED) is 0.770. The highest BCUT2D eigenvalue weighted by atomic mass is 16.4. The number of likely N-dealkylation sites (tertiary alicyclic amines) is 1. The van der Waals surface area contributed by atoms with Gasteiger partial charge in [0.05, 0.1) is 5.92 Å². The van der Waals surface area contributed by atoms with Gasteiger partial charge < -0.3 is 15.7 Å². The molecule has 1 amide bonds. The van der Waals surface area contributed by atoms with Crippen molar-refractivity contribution in [3.8, 4) is 0 Å². The number of rotatable bonds is 2. The minimum absolute atomic E-state index is 0.0566. The van der Waals surface area contributed by atoms with Gasteiger partial charge in [0.15, 0.2) is 0 Å². The second-order valence-electron chi connectivity index (χ2n) is 4.53. The molecule has 0 saturated carbocycles. The maximum Gasteiger partial charge on any atom is 0.306 e. The highest BCUT2D eigenvalue weighted by Gasteiger charge is 2.27. The number of nitrogen functional groups attached to an aromatic ring is 1. The van der Waals surface area contributed by atoms with Crippen LogP contribution in [0.4, 0.5) is 5.69 Å². The molecule has 0 aliphatic carbocycles. The van der Waals surface area contributed by atoms with Crippen molar-refractivity contribution >= 4 is 17.6 Å². The summed E-state index contributed by atoms with van der Waals surface area (Å²) >= 11 is 0. The van der Waals surface area contributed by atoms with Gasteiger partial charge in [0, 0.05) is 24.3 Å². The highest BCUT2D eigenvalue weighted by molar-refractivity contribution is 5.94. The molecule has 1 aliphatic rings. The minimum Gasteiger partial charge on any atom is -0.481 e. The highest BCUT2D eigenvalue weighted by Crippen LogP contribution is 2.19. The molecule has 0 bridgehead atoms. The maximum atomic E-state index is 12.1. The number of hydrogen-bond donors (Lipinski definition) is 2. The summed E-state index contributed by atoms with van der Waals surface area (Å²) in [4.78, 5) is 24.6. The van der Waals surface area contributed by atoms with Crippen LogP contribution in [0.25, 0.3) is 0 Å². The molecule has 0 spiro atoms. The molecule has 96 valence electrons. The lowest BCUT2D eigenvalue weighted by atomic mass is 9.96. The van der Waals surface area contributed by atoms with Gasteiger partial charge >= 0.3 is 5.97 Å². The zero-order chi connectivity index (χ0) is 13.1. The van der Waals surface area contributed by atoms with Crippen LogP contribution in [0.1, 0.15) is 23.2 Å². The first-order valence-corrected chi connectivity index (χ1v) is 5.95. The van der Waals surface area contributed by atoms with Gasteiger partial charge in [-0.1, -0.05) is 0 Å². The normalized spacial score (nSPS) is 16.6. The Morgan fingerprint density at radius 3 is 2.22 bits per heavy atom. The van der Waals surface area contributed by atoms with Crippen LogP contribution in [-0.4, -0.2) is 35.0 Å². The summed E-state index contributed by atoms with van der Waals surface area (Å²) in [6.45, 7) is 1.00. The fourth-order valence-corrected chi connectivity index (χ4v) is 2.14. The lowest BCUT2D eigenvalue weighted by Crippen LogP contribution is -2.40. The third kappa shape index (κ3) is 2.61. The van der Waals surface area contributed by atoms with Crippen LogP contribution >= 0.6 is 0 Å². The van der Waals surface area contributed by atoms with E-state index in [2.05, 4.69) is 0 Å². The molecule has 5 heteroatoms. The smallest absolute Gasteiger partial charge is 0.306 e. The van der Waals surface area contributed by atoms with Gasteiger partial charge in [0.2, 0.25) is 0 Å². The van der Waals surface area contributed by atoms with Crippen LogP contribution in [0.2, 0.25) is 0 Å². The van der Waals surface area contributed by atoms with E-state index in [0.717, 1.165) is 0 Å². The number of aliphatic carboxylic acids is 1. The van der Waals surface area contributed by atoms with Crippen LogP contribution in [0.5, 0.6) is 0 Å². The SMILES string of the molecule is Nc1ccc(C(=O)N2CCC(C(=O)O)CC2)cc1. The van der Waals surface area contributed by atoms with E-state index in [1.807, 2.05) is 0 Å². The van der Waals surface area contributed by atoms with E-state index < -0.39 is 5.97 Å². The Morgan fingerprint density at radius 1 is 1.17 bits per heavy atom. The van der Waals surface area contributed by atoms with E-state index in [1.165, 1.54) is 0 Å². The van der Waals surface area contributed by atoms with Crippen molar-refractivity contribution in [2.24, 2.45) is 5.92 Å². The van der Waals surface area contributed by atoms with Gasteiger partial charge in [-0.05, 0) is 37.1 Å². The fourth-order valence-electron chi connectivity index (χ4n) is 2.14. The van der Waals surface area contributed by atoms with Gasteiger partial charge in [-0.2, -0.15) is 0 Å². The summed E-state index contributed by atoms with van der Waals surface area (Å²) in [6.07, 6.45) is 1.05. The number of carbonyl (C=O) groups excluding carboxylic acids is 1. The Kier molecular flexibility index (Phi) is 3.50. The summed E-state index contributed by atoms with van der Waals surface area (Å²) in [5, 5.41) is 8.89. The Hall–Kier alpha value is -2.04. The molecule has 18 heavy (non-hydrogen) atoms. The van der Waals surface area contributed by atoms with E-state index in [4.69, 9.17) is 10.8 Å². The van der Waals surface area contributed by atoms with E-state index >= 15 is 0 Å². The molecule has 3 N–H and O–H groups in total. The predicted molar refractivity (Wildman–Crippen MR) is 67.1 cm³/mol. The Morgan fingerprint density at radius 2 is 1.72 bits per heavy atom. The molecule has 5 nitrogen and oxygen atoms in total. The van der Waals surface area contributed by atoms with E-state index in [-0.39, 0.29) is 11.8 Å². The molecule has 0 aromatic heterocycles. The van der Waals surface area contributed by atoms with Crippen LogP contribution in [0.3, 0.4) is 0 Å². The Bertz CT molecular complexity index is 448. The molecule has 0 atom stereocenters. The topological polar surface area (TPSA) is 83.6 Å². The van der Waals surface area contributed by atoms with Gasteiger partial charge in [-0.3, -0.25) is 9.59 Å². The average Bonchev–Trinajstić information content (AvgIpc) is 2.39. The van der Waals surface area contributed by atoms with Gasteiger partial charge in [-0.25, -0.2) is 0 Å². The van der Waals surface area contributed by atoms with Gasteiger partial charge in [0.25, 0.3) is 5.91 Å². The molecule has 1 aromatic rings. The van der Waals surface area contributed by atoms with Crippen molar-refractivity contribution < 1.29 is 14.7 Å². The number of nitrogens with two attached hydrogens (primary N) is 1. The largest absolute Gasteiger partial charge is 0.481 e. The number of hydrogen-bond acceptors (Lipinski definition) is 3. The van der Waals surface area contributed by atoms with Crippen molar-refractivity contribution in [2.45, 2.75) is 12.8 Å². The first-order valence-electron chi connectivity index (χ1n) is 5.95. The van der Waals surface area contributed by atoms with E-state index in [1.54, 1.807) is 29.2 Å². The van der Waals surface area contributed by atoms with Crippen LogP contribution in [0.15, 0.2) is 24.3 Å². The number of benzene rings is 1. The molecule has 2 rings (SSSR count). The van der Waals surface area contributed by atoms with Crippen molar-refractivity contribution in [2.75, 3.05) is 18.8 Å². The molecule has 1 aliphatic heterocycles. The number of amides is 1. The molecule has 1 aromatic carbocycles. The van der Waals surface area contributed by atoms with Crippen molar-refractivity contribution in [3.05, 3.63) is 29.8 Å². The van der Waals surface area contributed by atoms with Crippen LogP contribution in [-0.2, 0) is 4.79 Å². The Balaban J connectivity index is 1.99. The fraction of sp³-hybridized carbons (Fsp3) is 0.385. The van der Waals surface area contributed by atoms with Crippen molar-refractivity contribution in [1.82, 2.24) is 4.90 Å². The second kappa shape index (κ2) is 5.08. The summed E-state index contributed by atoms with van der Waals surface area (Å²) in [7, 11) is 0. The predicted octanol–water partition coefficient (Wildman–Crippen LogP) is 1.21. The summed E-state index contributed by atoms with van der Waals surface area (Å²) < 4.78 is 0. The van der Waals surface area contributed by atoms with E-state index in [9.17, 15) is 9.59 Å². The molecular weight excluding hydrogens is 232 g/mol. The average molecular weight is 248 g/mol. The first kappa shape index (κ1) is 12.4. The molecule has 1 fully saturated rings. The van der Waals surface area contributed by atoms with Crippen molar-refractivity contribution in [3.63, 3.8) is 0 Å². The zero-order valence-electron chi connectivity index (χ0n) is 10.0. The molecule has 1 heterocycles. The molecular formula is C13H16N2O3. The molecule has 0 radical (unpaired) electrons. The lowest BCUT2D eigenvalue weighted by Gasteiger charge is -2.30. The minimum atomic E-state index is -0.769. The molecule has 1 saturated heterocycles. The summed E-state index contributed by atoms with van der Waals surface area (Å²) in [6, 6.07) is 6.77. The lowest BCUT2D eigenvalue weighted by molar-refractivity contribution is -0.143. The Labute approximate surface area is 105 Å². The van der Waals surface area contributed by atoms with Crippen molar-refractivity contribution in [1.29, 1.82) is 0 Å². The third-order valence-corrected chi connectivity index (χ3v) is 3.29.